The van der Waals surface area contributed by atoms with Crippen molar-refractivity contribution in [3.05, 3.63) is 171 Å². The van der Waals surface area contributed by atoms with Crippen LogP contribution in [0.5, 0.6) is 0 Å². The molecule has 4 aromatic rings. The Morgan fingerprint density at radius 2 is 1.58 bits per heavy atom. The average Bonchev–Trinajstić information content (AvgIpc) is 3.85. The van der Waals surface area contributed by atoms with Crippen molar-refractivity contribution in [1.29, 1.82) is 15.8 Å². The van der Waals surface area contributed by atoms with E-state index in [9.17, 15) is 15.8 Å². The van der Waals surface area contributed by atoms with Crippen molar-refractivity contribution in [2.45, 2.75) is 58.9 Å². The second-order valence-electron chi connectivity index (χ2n) is 15.1. The molecule has 1 aromatic heterocycles. The lowest BCUT2D eigenvalue weighted by Crippen LogP contribution is -2.43. The van der Waals surface area contributed by atoms with E-state index in [1.54, 1.807) is 48.5 Å². The minimum absolute atomic E-state index is 0.159. The molecule has 0 radical (unpaired) electrons. The quantitative estimate of drug-likeness (QED) is 0.143. The van der Waals surface area contributed by atoms with Crippen LogP contribution in [-0.4, -0.2) is 19.3 Å². The minimum Gasteiger partial charge on any atom is -0.464 e. The van der Waals surface area contributed by atoms with Crippen LogP contribution < -0.4 is 10.2 Å². The fraction of sp³-hybridized carbons (Fsp3) is 0.245. The SMILES string of the molecule is CCN(CC)c1ccc(/C=C/C2=CC(=C/C=C/C3=C(C#N)C(=C(C#N)C#N)OC3(c3ccc(-c4ccccc4)s3)C(F)(F)F)/CC(C)(C)C2)c(NCc2ccccc2)c1. The molecule has 0 amide bonds. The first-order chi connectivity index (χ1) is 28.4. The summed E-state index contributed by atoms with van der Waals surface area (Å²) in [6.45, 7) is 11.0. The number of halogens is 3. The van der Waals surface area contributed by atoms with Crippen LogP contribution in [0.2, 0.25) is 0 Å². The lowest BCUT2D eigenvalue weighted by Gasteiger charge is -2.32. The zero-order chi connectivity index (χ0) is 42.2. The first-order valence-corrected chi connectivity index (χ1v) is 20.2. The van der Waals surface area contributed by atoms with Gasteiger partial charge in [-0.25, -0.2) is 0 Å². The maximum absolute atomic E-state index is 15.6. The molecule has 298 valence electrons. The molecular formula is C49H44F3N5OS. The molecule has 1 N–H and O–H groups in total. The smallest absolute Gasteiger partial charge is 0.438 e. The van der Waals surface area contributed by atoms with Gasteiger partial charge in [0, 0.05) is 41.5 Å². The number of anilines is 2. The maximum atomic E-state index is 15.6. The van der Waals surface area contributed by atoms with Crippen molar-refractivity contribution in [3.63, 3.8) is 0 Å². The molecule has 10 heteroatoms. The molecule has 6 nitrogen and oxygen atoms in total. The predicted octanol–water partition coefficient (Wildman–Crippen LogP) is 12.7. The van der Waals surface area contributed by atoms with Gasteiger partial charge in [0.05, 0.1) is 4.88 Å². The van der Waals surface area contributed by atoms with Crippen molar-refractivity contribution in [3.8, 4) is 28.6 Å². The van der Waals surface area contributed by atoms with Gasteiger partial charge in [-0.05, 0) is 84.2 Å². The molecule has 59 heavy (non-hydrogen) atoms. The molecule has 0 spiro atoms. The molecule has 1 aliphatic carbocycles. The Labute approximate surface area is 348 Å². The van der Waals surface area contributed by atoms with Crippen LogP contribution in [0.25, 0.3) is 16.5 Å². The summed E-state index contributed by atoms with van der Waals surface area (Å²) in [4.78, 5) is 2.63. The Bertz CT molecular complexity index is 2480. The van der Waals surface area contributed by atoms with Gasteiger partial charge in [-0.15, -0.1) is 11.3 Å². The van der Waals surface area contributed by atoms with E-state index >= 15 is 13.2 Å². The standard InChI is InChI=1S/C49H44F3N5OS/c1-5-57(6-2)40-23-22-37(43(27-40)56-33-34-14-9-7-10-15-34)21-20-36-26-35(28-47(3,4)29-36)16-13-19-42-41(32-55)46(39(30-53)31-54)58-48(42,49(50,51)52)45-25-24-44(59-45)38-17-11-8-12-18-38/h7-27,56H,5-6,28-29,33H2,1-4H3/b19-13+,21-20+,35-16-. The summed E-state index contributed by atoms with van der Waals surface area (Å²) in [7, 11) is 0. The summed E-state index contributed by atoms with van der Waals surface area (Å²) in [5, 5.41) is 33.3. The van der Waals surface area contributed by atoms with Gasteiger partial charge < -0.3 is 15.0 Å². The molecule has 0 fully saturated rings. The topological polar surface area (TPSA) is 95.9 Å². The number of nitriles is 3. The van der Waals surface area contributed by atoms with Crippen LogP contribution >= 0.6 is 11.3 Å². The fourth-order valence-corrected chi connectivity index (χ4v) is 8.77. The van der Waals surface area contributed by atoms with E-state index in [4.69, 9.17) is 4.74 Å². The second kappa shape index (κ2) is 17.9. The van der Waals surface area contributed by atoms with Crippen LogP contribution in [0.15, 0.2) is 155 Å². The number of thiophene rings is 1. The Morgan fingerprint density at radius 1 is 0.881 bits per heavy atom. The molecule has 0 saturated carbocycles. The molecule has 1 atom stereocenters. The number of rotatable bonds is 12. The van der Waals surface area contributed by atoms with Crippen LogP contribution in [0.1, 0.15) is 56.5 Å². The molecule has 3 aromatic carbocycles. The second-order valence-corrected chi connectivity index (χ2v) is 16.2. The van der Waals surface area contributed by atoms with E-state index in [0.717, 1.165) is 58.9 Å². The van der Waals surface area contributed by atoms with Gasteiger partial charge in [-0.3, -0.25) is 0 Å². The number of benzene rings is 3. The number of nitrogens with one attached hydrogen (secondary N) is 1. The molecule has 2 heterocycles. The van der Waals surface area contributed by atoms with Gasteiger partial charge in [0.25, 0.3) is 5.60 Å². The minimum atomic E-state index is -5.08. The molecular weight excluding hydrogens is 764 g/mol. The highest BCUT2D eigenvalue weighted by atomic mass is 32.1. The van der Waals surface area contributed by atoms with Crippen molar-refractivity contribution in [1.82, 2.24) is 0 Å². The van der Waals surface area contributed by atoms with Crippen molar-refractivity contribution in [2.75, 3.05) is 23.3 Å². The van der Waals surface area contributed by atoms with Crippen molar-refractivity contribution < 1.29 is 17.9 Å². The van der Waals surface area contributed by atoms with E-state index in [2.05, 4.69) is 86.5 Å². The largest absolute Gasteiger partial charge is 0.464 e. The predicted molar refractivity (Wildman–Crippen MR) is 231 cm³/mol. The molecule has 6 rings (SSSR count). The highest BCUT2D eigenvalue weighted by Crippen LogP contribution is 2.58. The first kappa shape index (κ1) is 42.1. The summed E-state index contributed by atoms with van der Waals surface area (Å²) in [5.41, 5.74) is 1.95. The van der Waals surface area contributed by atoms with Gasteiger partial charge in [0.15, 0.2) is 11.3 Å². The van der Waals surface area contributed by atoms with Crippen molar-refractivity contribution in [2.24, 2.45) is 5.41 Å². The van der Waals surface area contributed by atoms with Crippen LogP contribution in [0.3, 0.4) is 0 Å². The van der Waals surface area contributed by atoms with Gasteiger partial charge >= 0.3 is 6.18 Å². The summed E-state index contributed by atoms with van der Waals surface area (Å²) in [5.74, 6) is -0.689. The Balaban J connectivity index is 1.38. The van der Waals surface area contributed by atoms with Gasteiger partial charge in [0.2, 0.25) is 0 Å². The van der Waals surface area contributed by atoms with E-state index in [0.29, 0.717) is 23.4 Å². The third-order valence-electron chi connectivity index (χ3n) is 10.4. The highest BCUT2D eigenvalue weighted by molar-refractivity contribution is 7.15. The number of allylic oxidation sites excluding steroid dienone is 8. The van der Waals surface area contributed by atoms with Gasteiger partial charge in [0.1, 0.15) is 23.8 Å². The Hall–Kier alpha value is -6.54. The lowest BCUT2D eigenvalue weighted by atomic mass is 9.75. The van der Waals surface area contributed by atoms with E-state index in [1.165, 1.54) is 23.8 Å². The highest BCUT2D eigenvalue weighted by Gasteiger charge is 2.66. The molecule has 0 saturated heterocycles. The van der Waals surface area contributed by atoms with E-state index < -0.39 is 34.3 Å². The molecule has 1 unspecified atom stereocenters. The molecule has 0 bridgehead atoms. The summed E-state index contributed by atoms with van der Waals surface area (Å²) in [6.07, 6.45) is 7.08. The zero-order valence-electron chi connectivity index (χ0n) is 33.4. The van der Waals surface area contributed by atoms with E-state index in [-0.39, 0.29) is 10.3 Å². The third kappa shape index (κ3) is 9.12. The number of nitrogens with zero attached hydrogens (tertiary/aromatic N) is 4. The van der Waals surface area contributed by atoms with Crippen molar-refractivity contribution >= 4 is 28.8 Å². The fourth-order valence-electron chi connectivity index (χ4n) is 7.60. The van der Waals surface area contributed by atoms with Crippen LogP contribution in [-0.2, 0) is 16.9 Å². The summed E-state index contributed by atoms with van der Waals surface area (Å²) < 4.78 is 52.5. The average molecular weight is 808 g/mol. The van der Waals surface area contributed by atoms with Crippen LogP contribution in [0.4, 0.5) is 24.5 Å². The molecule has 2 aliphatic rings. The number of hydrogen-bond acceptors (Lipinski definition) is 7. The number of hydrogen-bond donors (Lipinski definition) is 1. The molecule has 1 aliphatic heterocycles. The summed E-state index contributed by atoms with van der Waals surface area (Å²) in [6, 6.07) is 33.6. The first-order valence-electron chi connectivity index (χ1n) is 19.4. The maximum Gasteiger partial charge on any atom is 0.438 e. The number of ether oxygens (including phenoxy) is 1. The Morgan fingerprint density at radius 3 is 2.22 bits per heavy atom. The lowest BCUT2D eigenvalue weighted by molar-refractivity contribution is -0.247. The monoisotopic (exact) mass is 807 g/mol. The zero-order valence-corrected chi connectivity index (χ0v) is 34.2. The van der Waals surface area contributed by atoms with E-state index in [1.807, 2.05) is 30.3 Å². The van der Waals surface area contributed by atoms with Gasteiger partial charge in [-0.2, -0.15) is 29.0 Å². The number of alkyl halides is 3. The van der Waals surface area contributed by atoms with Crippen LogP contribution in [0, 0.1) is 39.4 Å². The normalized spacial score (nSPS) is 18.3. The van der Waals surface area contributed by atoms with Gasteiger partial charge in [-0.1, -0.05) is 117 Å². The third-order valence-corrected chi connectivity index (χ3v) is 11.6. The Kier molecular flexibility index (Phi) is 12.8. The summed E-state index contributed by atoms with van der Waals surface area (Å²) >= 11 is 0.876.